The highest BCUT2D eigenvalue weighted by Gasteiger charge is 2.25. The number of aromatic nitrogens is 4. The van der Waals surface area contributed by atoms with E-state index >= 15 is 0 Å². The Balaban J connectivity index is 1.19. The predicted molar refractivity (Wildman–Crippen MR) is 163 cm³/mol. The van der Waals surface area contributed by atoms with Gasteiger partial charge in [-0.15, -0.1) is 0 Å². The Labute approximate surface area is 244 Å². The minimum Gasteiger partial charge on any atom is -0.454 e. The van der Waals surface area contributed by atoms with Crippen LogP contribution in [0.25, 0.3) is 11.2 Å². The van der Waals surface area contributed by atoms with Gasteiger partial charge in [-0.3, -0.25) is 9.80 Å². The normalized spacial score (nSPS) is 18.4. The van der Waals surface area contributed by atoms with E-state index in [9.17, 15) is 0 Å². The minimum atomic E-state index is 0.312. The van der Waals surface area contributed by atoms with Crippen molar-refractivity contribution in [1.82, 2.24) is 29.3 Å². The first-order valence-corrected chi connectivity index (χ1v) is 15.6. The monoisotopic (exact) mass is 562 g/mol. The lowest BCUT2D eigenvalue weighted by Crippen LogP contribution is -2.46. The van der Waals surface area contributed by atoms with Gasteiger partial charge in [-0.05, 0) is 58.2 Å². The molecule has 1 N–H and O–H groups in total. The van der Waals surface area contributed by atoms with Gasteiger partial charge in [0.2, 0.25) is 12.7 Å². The number of ether oxygens (including phenoxy) is 2. The molecule has 1 saturated heterocycles. The van der Waals surface area contributed by atoms with Crippen molar-refractivity contribution in [1.29, 1.82) is 0 Å². The van der Waals surface area contributed by atoms with Crippen LogP contribution in [0, 0.1) is 0 Å². The molecule has 222 valence electrons. The molecule has 1 aliphatic carbocycles. The molecule has 0 radical (unpaired) electrons. The topological polar surface area (TPSA) is 83.8 Å². The van der Waals surface area contributed by atoms with Crippen LogP contribution in [-0.4, -0.2) is 87.5 Å². The zero-order valence-electron chi connectivity index (χ0n) is 25.2. The molecule has 0 atom stereocenters. The number of hydrogen-bond donors (Lipinski definition) is 1. The Bertz CT molecular complexity index is 1300. The molecular weight excluding hydrogens is 516 g/mol. The Morgan fingerprint density at radius 1 is 0.951 bits per heavy atom. The lowest BCUT2D eigenvalue weighted by atomic mass is 9.95. The Hall–Kier alpha value is -3.11. The molecular formula is C31H46N8O2. The molecule has 6 rings (SSSR count). The van der Waals surface area contributed by atoms with E-state index in [0.29, 0.717) is 24.9 Å². The van der Waals surface area contributed by atoms with Crippen LogP contribution in [0.3, 0.4) is 0 Å². The standard InChI is InChI=1S/C31H46N8O2/c1-22(2)38(23(3)4)13-12-32-29-28-30(39(20-33-28)25-8-6-5-7-9-25)35-31(34-29)37-16-14-36(15-17-37)19-24-10-11-26-27(18-24)41-21-40-26/h10-11,18,20,22-23,25H,5-9,12-17,19,21H2,1-4H3,(H,32,34,35). The first-order valence-electron chi connectivity index (χ1n) is 15.6. The third kappa shape index (κ3) is 6.23. The highest BCUT2D eigenvalue weighted by Crippen LogP contribution is 2.34. The number of nitrogens with one attached hydrogen (secondary N) is 1. The number of benzene rings is 1. The van der Waals surface area contributed by atoms with Crippen molar-refractivity contribution < 1.29 is 9.47 Å². The molecule has 10 heteroatoms. The number of piperazine rings is 1. The van der Waals surface area contributed by atoms with Crippen LogP contribution in [0.1, 0.15) is 71.4 Å². The molecule has 2 fully saturated rings. The van der Waals surface area contributed by atoms with Crippen LogP contribution in [0.15, 0.2) is 24.5 Å². The van der Waals surface area contributed by atoms with Gasteiger partial charge in [0.05, 0.1) is 6.33 Å². The largest absolute Gasteiger partial charge is 0.454 e. The highest BCUT2D eigenvalue weighted by atomic mass is 16.7. The van der Waals surface area contributed by atoms with Gasteiger partial charge in [0.15, 0.2) is 28.5 Å². The lowest BCUT2D eigenvalue weighted by Gasteiger charge is -2.35. The molecule has 0 amide bonds. The van der Waals surface area contributed by atoms with Gasteiger partial charge in [-0.25, -0.2) is 4.98 Å². The van der Waals surface area contributed by atoms with Crippen LogP contribution in [0.4, 0.5) is 11.8 Å². The zero-order chi connectivity index (χ0) is 28.3. The van der Waals surface area contributed by atoms with Crippen LogP contribution in [-0.2, 0) is 6.54 Å². The van der Waals surface area contributed by atoms with Crippen molar-refractivity contribution in [2.24, 2.45) is 0 Å². The van der Waals surface area contributed by atoms with Gasteiger partial charge in [0.1, 0.15) is 0 Å². The maximum absolute atomic E-state index is 5.58. The number of fused-ring (bicyclic) bond motifs is 2. The number of hydrogen-bond acceptors (Lipinski definition) is 9. The predicted octanol–water partition coefficient (Wildman–Crippen LogP) is 4.91. The van der Waals surface area contributed by atoms with Gasteiger partial charge in [-0.1, -0.05) is 25.3 Å². The molecule has 0 unspecified atom stereocenters. The Morgan fingerprint density at radius 3 is 2.46 bits per heavy atom. The molecule has 10 nitrogen and oxygen atoms in total. The van der Waals surface area contributed by atoms with Crippen molar-refractivity contribution in [3.8, 4) is 11.5 Å². The fourth-order valence-electron chi connectivity index (χ4n) is 6.62. The first kappa shape index (κ1) is 28.0. The van der Waals surface area contributed by atoms with Crippen LogP contribution in [0.2, 0.25) is 0 Å². The van der Waals surface area contributed by atoms with Crippen molar-refractivity contribution >= 4 is 22.9 Å². The van der Waals surface area contributed by atoms with Crippen molar-refractivity contribution in [2.75, 3.05) is 56.3 Å². The summed E-state index contributed by atoms with van der Waals surface area (Å²) in [5, 5.41) is 3.66. The highest BCUT2D eigenvalue weighted by molar-refractivity contribution is 5.84. The van der Waals surface area contributed by atoms with E-state index in [4.69, 9.17) is 24.4 Å². The molecule has 4 heterocycles. The van der Waals surface area contributed by atoms with E-state index in [1.807, 2.05) is 12.4 Å². The Kier molecular flexibility index (Phi) is 8.48. The van der Waals surface area contributed by atoms with E-state index in [0.717, 1.165) is 80.2 Å². The zero-order valence-corrected chi connectivity index (χ0v) is 25.2. The van der Waals surface area contributed by atoms with Crippen molar-refractivity contribution in [2.45, 2.75) is 84.5 Å². The molecule has 3 aliphatic rings. The van der Waals surface area contributed by atoms with E-state index in [-0.39, 0.29) is 0 Å². The molecule has 1 saturated carbocycles. The smallest absolute Gasteiger partial charge is 0.231 e. The van der Waals surface area contributed by atoms with E-state index in [1.54, 1.807) is 0 Å². The average Bonchev–Trinajstić information content (AvgIpc) is 3.63. The third-order valence-electron chi connectivity index (χ3n) is 8.87. The van der Waals surface area contributed by atoms with E-state index in [2.05, 4.69) is 64.4 Å². The number of nitrogens with zero attached hydrogens (tertiary/aromatic N) is 7. The molecule has 0 spiro atoms. The maximum atomic E-state index is 5.58. The van der Waals surface area contributed by atoms with Gasteiger partial charge >= 0.3 is 0 Å². The quantitative estimate of drug-likeness (QED) is 0.370. The molecule has 1 aromatic carbocycles. The summed E-state index contributed by atoms with van der Waals surface area (Å²) in [6, 6.07) is 7.73. The molecule has 3 aromatic rings. The summed E-state index contributed by atoms with van der Waals surface area (Å²) in [7, 11) is 0. The number of rotatable bonds is 10. The molecule has 0 bridgehead atoms. The number of imidazole rings is 1. The summed E-state index contributed by atoms with van der Waals surface area (Å²) >= 11 is 0. The van der Waals surface area contributed by atoms with Crippen LogP contribution in [0.5, 0.6) is 11.5 Å². The molecule has 2 aliphatic heterocycles. The van der Waals surface area contributed by atoms with E-state index < -0.39 is 0 Å². The van der Waals surface area contributed by atoms with Crippen molar-refractivity contribution in [3.05, 3.63) is 30.1 Å². The van der Waals surface area contributed by atoms with E-state index in [1.165, 1.54) is 37.7 Å². The summed E-state index contributed by atoms with van der Waals surface area (Å²) in [4.78, 5) is 22.4. The summed E-state index contributed by atoms with van der Waals surface area (Å²) in [5.74, 6) is 3.35. The molecule has 2 aromatic heterocycles. The van der Waals surface area contributed by atoms with Gasteiger partial charge in [0, 0.05) is 63.9 Å². The van der Waals surface area contributed by atoms with Crippen molar-refractivity contribution in [3.63, 3.8) is 0 Å². The fraction of sp³-hybridized carbons (Fsp3) is 0.645. The third-order valence-corrected chi connectivity index (χ3v) is 8.87. The van der Waals surface area contributed by atoms with Gasteiger partial charge in [-0.2, -0.15) is 9.97 Å². The fourth-order valence-corrected chi connectivity index (χ4v) is 6.62. The minimum absolute atomic E-state index is 0.312. The summed E-state index contributed by atoms with van der Waals surface area (Å²) in [6.45, 7) is 15.7. The van der Waals surface area contributed by atoms with Crippen LogP contribution < -0.4 is 19.7 Å². The second kappa shape index (κ2) is 12.4. The summed E-state index contributed by atoms with van der Waals surface area (Å²) in [6.07, 6.45) is 8.28. The van der Waals surface area contributed by atoms with Gasteiger partial charge < -0.3 is 24.3 Å². The summed E-state index contributed by atoms with van der Waals surface area (Å²) < 4.78 is 13.4. The van der Waals surface area contributed by atoms with Gasteiger partial charge in [0.25, 0.3) is 0 Å². The second-order valence-electron chi connectivity index (χ2n) is 12.3. The Morgan fingerprint density at radius 2 is 1.71 bits per heavy atom. The molecule has 41 heavy (non-hydrogen) atoms. The number of anilines is 2. The SMILES string of the molecule is CC(C)N(CCNc1nc(N2CCN(Cc3ccc4c(c3)OCO4)CC2)nc2c1ncn2C1CCCCC1)C(C)C. The summed E-state index contributed by atoms with van der Waals surface area (Å²) in [5.41, 5.74) is 3.11. The maximum Gasteiger partial charge on any atom is 0.231 e. The first-order chi connectivity index (χ1) is 20.0. The van der Waals surface area contributed by atoms with Crippen LogP contribution >= 0.6 is 0 Å². The lowest BCUT2D eigenvalue weighted by molar-refractivity contribution is 0.174. The average molecular weight is 563 g/mol. The second-order valence-corrected chi connectivity index (χ2v) is 12.3.